The van der Waals surface area contributed by atoms with Crippen LogP contribution in [0.1, 0.15) is 23.5 Å². The Morgan fingerprint density at radius 3 is 2.60 bits per heavy atom. The molecule has 0 bridgehead atoms. The van der Waals surface area contributed by atoms with Gasteiger partial charge in [-0.05, 0) is 41.8 Å². The van der Waals surface area contributed by atoms with Gasteiger partial charge in [-0.15, -0.1) is 0 Å². The minimum Gasteiger partial charge on any atom is -0.497 e. The minimum absolute atomic E-state index is 0.132. The highest BCUT2D eigenvalue weighted by atomic mass is 16.5. The number of rotatable bonds is 8. The molecule has 0 aliphatic heterocycles. The van der Waals surface area contributed by atoms with E-state index in [-0.39, 0.29) is 12.5 Å². The van der Waals surface area contributed by atoms with Crippen molar-refractivity contribution >= 4 is 10.9 Å². The molecule has 3 rings (SSSR count). The molecule has 0 fully saturated rings. The smallest absolute Gasteiger partial charge is 0.118 e. The monoisotopic (exact) mass is 337 g/mol. The zero-order chi connectivity index (χ0) is 17.5. The van der Waals surface area contributed by atoms with Crippen molar-refractivity contribution in [3.8, 4) is 5.75 Å². The van der Waals surface area contributed by atoms with E-state index in [0.29, 0.717) is 19.6 Å². The Morgan fingerprint density at radius 1 is 1.04 bits per heavy atom. The summed E-state index contributed by atoms with van der Waals surface area (Å²) in [7, 11) is 1.66. The lowest BCUT2D eigenvalue weighted by Crippen LogP contribution is -2.11. The summed E-state index contributed by atoms with van der Waals surface area (Å²) in [6.45, 7) is 1.22. The summed E-state index contributed by atoms with van der Waals surface area (Å²) in [5.74, 6) is 0.973. The van der Waals surface area contributed by atoms with Crippen LogP contribution in [-0.2, 0) is 11.3 Å². The average molecular weight is 337 g/mol. The molecule has 4 nitrogen and oxygen atoms in total. The van der Waals surface area contributed by atoms with Crippen LogP contribution >= 0.6 is 0 Å². The average Bonchev–Trinajstić information content (AvgIpc) is 2.67. The van der Waals surface area contributed by atoms with Crippen molar-refractivity contribution < 1.29 is 14.6 Å². The molecule has 0 radical (unpaired) electrons. The van der Waals surface area contributed by atoms with Gasteiger partial charge in [-0.1, -0.05) is 30.3 Å². The van der Waals surface area contributed by atoms with Crippen LogP contribution in [0, 0.1) is 0 Å². The summed E-state index contributed by atoms with van der Waals surface area (Å²) in [5.41, 5.74) is 3.25. The summed E-state index contributed by atoms with van der Waals surface area (Å²) in [6, 6.07) is 18.0. The molecule has 0 amide bonds. The highest BCUT2D eigenvalue weighted by molar-refractivity contribution is 5.82. The van der Waals surface area contributed by atoms with Gasteiger partial charge in [-0.3, -0.25) is 4.98 Å². The first-order valence-corrected chi connectivity index (χ1v) is 8.47. The molecule has 1 atom stereocenters. The number of para-hydroxylation sites is 1. The first-order valence-electron chi connectivity index (χ1n) is 8.47. The van der Waals surface area contributed by atoms with Crippen molar-refractivity contribution in [2.45, 2.75) is 18.9 Å². The normalized spacial score (nSPS) is 12.2. The molecule has 2 aromatic carbocycles. The number of hydrogen-bond donors (Lipinski definition) is 1. The molecule has 0 spiro atoms. The first-order chi connectivity index (χ1) is 12.3. The van der Waals surface area contributed by atoms with E-state index in [1.807, 2.05) is 54.7 Å². The van der Waals surface area contributed by atoms with Crippen molar-refractivity contribution in [2.75, 3.05) is 20.3 Å². The summed E-state index contributed by atoms with van der Waals surface area (Å²) in [4.78, 5) is 4.41. The van der Waals surface area contributed by atoms with Gasteiger partial charge < -0.3 is 14.6 Å². The zero-order valence-electron chi connectivity index (χ0n) is 14.4. The molecule has 1 N–H and O–H groups in total. The van der Waals surface area contributed by atoms with Crippen molar-refractivity contribution in [1.29, 1.82) is 0 Å². The number of ether oxygens (including phenoxy) is 2. The molecule has 1 aromatic heterocycles. The molecule has 3 aromatic rings. The predicted octanol–water partition coefficient (Wildman–Crippen LogP) is 3.93. The number of benzene rings is 2. The summed E-state index contributed by atoms with van der Waals surface area (Å²) in [5, 5.41) is 10.6. The van der Waals surface area contributed by atoms with Crippen LogP contribution in [-0.4, -0.2) is 30.4 Å². The second kappa shape index (κ2) is 8.60. The number of aliphatic hydroxyl groups excluding tert-OH is 1. The van der Waals surface area contributed by atoms with Crippen molar-refractivity contribution in [2.24, 2.45) is 0 Å². The molecule has 0 saturated carbocycles. The Hall–Kier alpha value is -2.43. The molecule has 0 saturated heterocycles. The van der Waals surface area contributed by atoms with E-state index in [4.69, 9.17) is 9.47 Å². The molecule has 0 unspecified atom stereocenters. The van der Waals surface area contributed by atoms with Crippen LogP contribution in [0.3, 0.4) is 0 Å². The van der Waals surface area contributed by atoms with Crippen molar-refractivity contribution in [1.82, 2.24) is 4.98 Å². The Morgan fingerprint density at radius 2 is 1.84 bits per heavy atom. The van der Waals surface area contributed by atoms with Gasteiger partial charge in [-0.2, -0.15) is 0 Å². The van der Waals surface area contributed by atoms with Crippen LogP contribution in [0.15, 0.2) is 60.8 Å². The van der Waals surface area contributed by atoms with Crippen LogP contribution in [0.25, 0.3) is 10.9 Å². The molecular formula is C21H23NO3. The fourth-order valence-electron chi connectivity index (χ4n) is 3.00. The second-order valence-corrected chi connectivity index (χ2v) is 5.99. The lowest BCUT2D eigenvalue weighted by atomic mass is 9.94. The third kappa shape index (κ3) is 4.35. The number of pyridine rings is 1. The van der Waals surface area contributed by atoms with Crippen molar-refractivity contribution in [3.05, 3.63) is 71.9 Å². The lowest BCUT2D eigenvalue weighted by Gasteiger charge is -2.18. The highest BCUT2D eigenvalue weighted by Gasteiger charge is 2.15. The van der Waals surface area contributed by atoms with Gasteiger partial charge in [0.1, 0.15) is 5.75 Å². The van der Waals surface area contributed by atoms with Gasteiger partial charge in [0, 0.05) is 24.1 Å². The van der Waals surface area contributed by atoms with Gasteiger partial charge in [0.2, 0.25) is 0 Å². The molecule has 25 heavy (non-hydrogen) atoms. The predicted molar refractivity (Wildman–Crippen MR) is 98.8 cm³/mol. The van der Waals surface area contributed by atoms with E-state index < -0.39 is 0 Å². The van der Waals surface area contributed by atoms with Crippen LogP contribution in [0.4, 0.5) is 0 Å². The largest absolute Gasteiger partial charge is 0.497 e. The van der Waals surface area contributed by atoms with E-state index >= 15 is 0 Å². The van der Waals surface area contributed by atoms with E-state index in [2.05, 4.69) is 11.1 Å². The summed E-state index contributed by atoms with van der Waals surface area (Å²) < 4.78 is 11.1. The minimum atomic E-state index is 0.132. The quantitative estimate of drug-likeness (QED) is 0.677. The maximum atomic E-state index is 9.46. The third-order valence-corrected chi connectivity index (χ3v) is 4.35. The Balaban J connectivity index is 1.70. The number of methoxy groups -OCH3 is 1. The Labute approximate surface area is 148 Å². The SMILES string of the molecule is COc1ccc(COC[C@H](CCO)c2ccnc3ccccc23)cc1. The topological polar surface area (TPSA) is 51.6 Å². The zero-order valence-corrected chi connectivity index (χ0v) is 14.4. The molecule has 1 heterocycles. The van der Waals surface area contributed by atoms with E-state index in [1.54, 1.807) is 7.11 Å². The summed E-state index contributed by atoms with van der Waals surface area (Å²) >= 11 is 0. The van der Waals surface area contributed by atoms with Crippen molar-refractivity contribution in [3.63, 3.8) is 0 Å². The first kappa shape index (κ1) is 17.4. The van der Waals surface area contributed by atoms with Crippen LogP contribution in [0.2, 0.25) is 0 Å². The maximum absolute atomic E-state index is 9.46. The third-order valence-electron chi connectivity index (χ3n) is 4.35. The summed E-state index contributed by atoms with van der Waals surface area (Å²) in [6.07, 6.45) is 2.49. The Kier molecular flexibility index (Phi) is 5.99. The highest BCUT2D eigenvalue weighted by Crippen LogP contribution is 2.27. The van der Waals surface area contributed by atoms with Crippen LogP contribution in [0.5, 0.6) is 5.75 Å². The number of fused-ring (bicyclic) bond motifs is 1. The molecular weight excluding hydrogens is 314 g/mol. The van der Waals surface area contributed by atoms with Gasteiger partial charge in [-0.25, -0.2) is 0 Å². The maximum Gasteiger partial charge on any atom is 0.118 e. The number of hydrogen-bond acceptors (Lipinski definition) is 4. The number of aliphatic hydroxyl groups is 1. The number of nitrogens with zero attached hydrogens (tertiary/aromatic N) is 1. The van der Waals surface area contributed by atoms with Crippen LogP contribution < -0.4 is 4.74 Å². The Bertz CT molecular complexity index is 796. The van der Waals surface area contributed by atoms with Gasteiger partial charge in [0.25, 0.3) is 0 Å². The van der Waals surface area contributed by atoms with E-state index in [9.17, 15) is 5.11 Å². The van der Waals surface area contributed by atoms with E-state index in [1.165, 1.54) is 5.56 Å². The van der Waals surface area contributed by atoms with Gasteiger partial charge in [0.05, 0.1) is 25.8 Å². The standard InChI is InChI=1S/C21H23NO3/c1-24-18-8-6-16(7-9-18)14-25-15-17(11-13-23)19-10-12-22-21-5-3-2-4-20(19)21/h2-10,12,17,23H,11,13-15H2,1H3/t17-/m0/s1. The molecule has 130 valence electrons. The molecule has 0 aliphatic carbocycles. The molecule has 4 heteroatoms. The van der Waals surface area contributed by atoms with E-state index in [0.717, 1.165) is 22.2 Å². The fourth-order valence-corrected chi connectivity index (χ4v) is 3.00. The fraction of sp³-hybridized carbons (Fsp3) is 0.286. The van der Waals surface area contributed by atoms with Gasteiger partial charge >= 0.3 is 0 Å². The number of aromatic nitrogens is 1. The lowest BCUT2D eigenvalue weighted by molar-refractivity contribution is 0.0991. The molecule has 0 aliphatic rings. The van der Waals surface area contributed by atoms with Gasteiger partial charge in [0.15, 0.2) is 0 Å². The second-order valence-electron chi connectivity index (χ2n) is 5.99.